The summed E-state index contributed by atoms with van der Waals surface area (Å²) in [7, 11) is 0. The molecular formula is C6H13NO3S. The lowest BCUT2D eigenvalue weighted by Gasteiger charge is -2.30. The van der Waals surface area contributed by atoms with Crippen LogP contribution in [0.25, 0.3) is 0 Å². The minimum absolute atomic E-state index is 0.680. The maximum absolute atomic E-state index is 10.3. The predicted molar refractivity (Wildman–Crippen MR) is 41.9 cm³/mol. The highest BCUT2D eigenvalue weighted by Crippen LogP contribution is 2.27. The predicted octanol–water partition coefficient (Wildman–Crippen LogP) is 0.759. The first-order chi connectivity index (χ1) is 5.12. The monoisotopic (exact) mass is 179 g/mol. The highest BCUT2D eigenvalue weighted by atomic mass is 32.2. The number of nitrogens with two attached hydrogens (primary N) is 1. The summed E-state index contributed by atoms with van der Waals surface area (Å²) in [6.45, 7) is 0. The zero-order chi connectivity index (χ0) is 8.32. The zero-order valence-electron chi connectivity index (χ0n) is 6.28. The number of hydrogen-bond acceptors (Lipinski definition) is 3. The van der Waals surface area contributed by atoms with E-state index in [1.165, 1.54) is 0 Å². The molecule has 0 amide bonds. The molecule has 1 saturated carbocycles. The highest BCUT2D eigenvalue weighted by Gasteiger charge is 2.30. The van der Waals surface area contributed by atoms with E-state index >= 15 is 0 Å². The Morgan fingerprint density at radius 1 is 1.36 bits per heavy atom. The van der Waals surface area contributed by atoms with Gasteiger partial charge in [-0.15, -0.1) is 0 Å². The molecule has 1 rings (SSSR count). The third-order valence-corrected chi connectivity index (χ3v) is 2.41. The molecule has 5 heteroatoms. The van der Waals surface area contributed by atoms with E-state index in [-0.39, 0.29) is 0 Å². The van der Waals surface area contributed by atoms with Crippen LogP contribution in [0.4, 0.5) is 0 Å². The molecule has 0 aromatic heterocycles. The van der Waals surface area contributed by atoms with Crippen LogP contribution in [0.5, 0.6) is 0 Å². The van der Waals surface area contributed by atoms with Gasteiger partial charge in [-0.05, 0) is 25.7 Å². The van der Waals surface area contributed by atoms with Crippen LogP contribution in [0.1, 0.15) is 32.1 Å². The average Bonchev–Trinajstić information content (AvgIpc) is 1.85. The molecule has 0 spiro atoms. The first-order valence-corrected chi connectivity index (χ1v) is 4.75. The third kappa shape index (κ3) is 2.86. The normalized spacial score (nSPS) is 26.4. The van der Waals surface area contributed by atoms with Crippen molar-refractivity contribution in [2.45, 2.75) is 37.8 Å². The van der Waals surface area contributed by atoms with Gasteiger partial charge in [-0.1, -0.05) is 6.42 Å². The molecule has 0 heterocycles. The van der Waals surface area contributed by atoms with Gasteiger partial charge in [-0.25, -0.2) is 4.18 Å². The minimum Gasteiger partial charge on any atom is -0.302 e. The van der Waals surface area contributed by atoms with Crippen LogP contribution in [0.2, 0.25) is 0 Å². The summed E-state index contributed by atoms with van der Waals surface area (Å²) in [6.07, 6.45) is 4.46. The van der Waals surface area contributed by atoms with Crippen molar-refractivity contribution in [3.63, 3.8) is 0 Å². The molecule has 66 valence electrons. The van der Waals surface area contributed by atoms with Gasteiger partial charge in [0.1, 0.15) is 5.72 Å². The Hall–Kier alpha value is 0.0300. The number of rotatable bonds is 2. The third-order valence-electron chi connectivity index (χ3n) is 1.94. The molecule has 3 N–H and O–H groups in total. The van der Waals surface area contributed by atoms with E-state index in [4.69, 9.17) is 10.3 Å². The summed E-state index contributed by atoms with van der Waals surface area (Å²) in [5, 5.41) is 0. The molecule has 1 aliphatic carbocycles. The molecule has 1 fully saturated rings. The highest BCUT2D eigenvalue weighted by molar-refractivity contribution is 7.74. The molecule has 1 aliphatic rings. The van der Waals surface area contributed by atoms with Gasteiger partial charge in [-0.2, -0.15) is 4.21 Å². The second kappa shape index (κ2) is 3.62. The SMILES string of the molecule is NC1(OS(=O)O)CCCCC1. The van der Waals surface area contributed by atoms with Gasteiger partial charge in [-0.3, -0.25) is 4.55 Å². The van der Waals surface area contributed by atoms with Crippen molar-refractivity contribution >= 4 is 11.4 Å². The summed E-state index contributed by atoms with van der Waals surface area (Å²) in [5.41, 5.74) is 4.84. The van der Waals surface area contributed by atoms with Crippen LogP contribution >= 0.6 is 0 Å². The van der Waals surface area contributed by atoms with Crippen molar-refractivity contribution in [1.82, 2.24) is 0 Å². The fourth-order valence-corrected chi connectivity index (χ4v) is 1.83. The zero-order valence-corrected chi connectivity index (χ0v) is 7.10. The Morgan fingerprint density at radius 2 is 1.91 bits per heavy atom. The van der Waals surface area contributed by atoms with Gasteiger partial charge >= 0.3 is 11.4 Å². The van der Waals surface area contributed by atoms with Crippen LogP contribution in [0.3, 0.4) is 0 Å². The first-order valence-electron chi connectivity index (χ1n) is 3.72. The van der Waals surface area contributed by atoms with Crippen LogP contribution in [-0.4, -0.2) is 14.5 Å². The maximum atomic E-state index is 10.3. The van der Waals surface area contributed by atoms with Crippen LogP contribution in [0, 0.1) is 0 Å². The van der Waals surface area contributed by atoms with E-state index in [1.54, 1.807) is 0 Å². The largest absolute Gasteiger partial charge is 0.303 e. The molecule has 0 bridgehead atoms. The summed E-state index contributed by atoms with van der Waals surface area (Å²) < 4.78 is 23.4. The van der Waals surface area contributed by atoms with Crippen LogP contribution in [0.15, 0.2) is 0 Å². The van der Waals surface area contributed by atoms with Gasteiger partial charge in [0.2, 0.25) is 0 Å². The molecule has 0 saturated heterocycles. The topological polar surface area (TPSA) is 72.5 Å². The fourth-order valence-electron chi connectivity index (χ4n) is 1.38. The molecule has 11 heavy (non-hydrogen) atoms. The van der Waals surface area contributed by atoms with Crippen LogP contribution in [-0.2, 0) is 15.5 Å². The van der Waals surface area contributed by atoms with Crippen molar-refractivity contribution in [1.29, 1.82) is 0 Å². The van der Waals surface area contributed by atoms with Crippen molar-refractivity contribution in [2.75, 3.05) is 0 Å². The van der Waals surface area contributed by atoms with E-state index < -0.39 is 17.1 Å². The average molecular weight is 179 g/mol. The first kappa shape index (κ1) is 9.12. The molecule has 0 aromatic rings. The quantitative estimate of drug-likeness (QED) is 0.485. The Morgan fingerprint density at radius 3 is 2.36 bits per heavy atom. The molecular weight excluding hydrogens is 166 g/mol. The molecule has 4 nitrogen and oxygen atoms in total. The summed E-state index contributed by atoms with van der Waals surface area (Å²) in [4.78, 5) is 0. The van der Waals surface area contributed by atoms with Gasteiger partial charge in [0.15, 0.2) is 0 Å². The van der Waals surface area contributed by atoms with E-state index in [9.17, 15) is 4.21 Å². The van der Waals surface area contributed by atoms with Crippen molar-refractivity contribution in [3.8, 4) is 0 Å². The Bertz CT molecular complexity index is 156. The molecule has 1 unspecified atom stereocenters. The van der Waals surface area contributed by atoms with Gasteiger partial charge in [0, 0.05) is 0 Å². The summed E-state index contributed by atoms with van der Waals surface area (Å²) >= 11 is -2.23. The van der Waals surface area contributed by atoms with E-state index in [1.807, 2.05) is 0 Å². The van der Waals surface area contributed by atoms with Gasteiger partial charge < -0.3 is 5.73 Å². The molecule has 0 aromatic carbocycles. The van der Waals surface area contributed by atoms with Crippen molar-refractivity contribution in [3.05, 3.63) is 0 Å². The molecule has 0 radical (unpaired) electrons. The Labute approximate surface area is 68.6 Å². The van der Waals surface area contributed by atoms with E-state index in [0.29, 0.717) is 12.8 Å². The van der Waals surface area contributed by atoms with Crippen LogP contribution < -0.4 is 5.73 Å². The minimum atomic E-state index is -2.23. The van der Waals surface area contributed by atoms with Gasteiger partial charge in [0.25, 0.3) is 0 Å². The van der Waals surface area contributed by atoms with Gasteiger partial charge in [0.05, 0.1) is 0 Å². The van der Waals surface area contributed by atoms with E-state index in [0.717, 1.165) is 19.3 Å². The lowest BCUT2D eigenvalue weighted by molar-refractivity contribution is 0.0416. The second-order valence-corrected chi connectivity index (χ2v) is 3.53. The second-order valence-electron chi connectivity index (χ2n) is 2.93. The smallest absolute Gasteiger partial charge is 0.302 e. The van der Waals surface area contributed by atoms with E-state index in [2.05, 4.69) is 4.18 Å². The standard InChI is InChI=1S/C6H13NO3S/c7-6(10-11(8)9)4-2-1-3-5-6/h1-5,7H2,(H,8,9). The molecule has 1 atom stereocenters. The fraction of sp³-hybridized carbons (Fsp3) is 1.00. The van der Waals surface area contributed by atoms with Crippen molar-refractivity contribution < 1.29 is 12.9 Å². The summed E-state index contributed by atoms with van der Waals surface area (Å²) in [5.74, 6) is 0. The summed E-state index contributed by atoms with van der Waals surface area (Å²) in [6, 6.07) is 0. The maximum Gasteiger partial charge on any atom is 0.303 e. The van der Waals surface area contributed by atoms with Crippen molar-refractivity contribution in [2.24, 2.45) is 5.73 Å². The lowest BCUT2D eigenvalue weighted by atomic mass is 9.93. The lowest BCUT2D eigenvalue weighted by Crippen LogP contribution is -2.44. The Kier molecular flexibility index (Phi) is 3.00. The molecule has 0 aliphatic heterocycles. The number of hydrogen-bond donors (Lipinski definition) is 2. The Balaban J connectivity index is 2.43.